The van der Waals surface area contributed by atoms with Gasteiger partial charge in [-0.25, -0.2) is 4.79 Å². The van der Waals surface area contributed by atoms with Gasteiger partial charge in [-0.15, -0.1) is 0 Å². The van der Waals surface area contributed by atoms with E-state index in [0.29, 0.717) is 12.1 Å². The van der Waals surface area contributed by atoms with Crippen LogP contribution in [0.15, 0.2) is 16.7 Å². The number of nitrogens with zero attached hydrogens (tertiary/aromatic N) is 1. The lowest BCUT2D eigenvalue weighted by Gasteiger charge is -2.13. The van der Waals surface area contributed by atoms with Crippen molar-refractivity contribution in [1.82, 2.24) is 10.2 Å². The average molecular weight is 240 g/mol. The minimum Gasteiger partial charge on any atom is -0.467 e. The molecule has 0 radical (unpaired) electrons. The molecule has 0 fully saturated rings. The molecule has 1 heterocycles. The first-order valence-corrected chi connectivity index (χ1v) is 5.72. The smallest absolute Gasteiger partial charge is 0.341 e. The molecule has 1 aromatic heterocycles. The SMILES string of the molecule is CCN(C)CCNCc1cc(C(=O)OC)co1. The van der Waals surface area contributed by atoms with Gasteiger partial charge in [0.25, 0.3) is 0 Å². The average Bonchev–Trinajstić information content (AvgIpc) is 2.82. The number of carbonyl (C=O) groups excluding carboxylic acids is 1. The zero-order valence-electron chi connectivity index (χ0n) is 10.7. The summed E-state index contributed by atoms with van der Waals surface area (Å²) in [6, 6.07) is 1.70. The number of nitrogens with one attached hydrogen (secondary N) is 1. The highest BCUT2D eigenvalue weighted by atomic mass is 16.5. The molecule has 17 heavy (non-hydrogen) atoms. The Balaban J connectivity index is 2.28. The molecule has 0 aliphatic rings. The van der Waals surface area contributed by atoms with E-state index in [0.717, 1.165) is 25.4 Å². The molecule has 0 unspecified atom stereocenters. The second-order valence-corrected chi connectivity index (χ2v) is 3.87. The topological polar surface area (TPSA) is 54.7 Å². The number of likely N-dealkylation sites (N-methyl/N-ethyl adjacent to an activating group) is 1. The first kappa shape index (κ1) is 13.7. The Labute approximate surface area is 102 Å². The lowest BCUT2D eigenvalue weighted by atomic mass is 10.3. The third kappa shape index (κ3) is 4.58. The molecule has 0 saturated carbocycles. The van der Waals surface area contributed by atoms with Gasteiger partial charge in [-0.3, -0.25) is 0 Å². The molecule has 1 N–H and O–H groups in total. The van der Waals surface area contributed by atoms with Gasteiger partial charge in [0.05, 0.1) is 19.2 Å². The molecule has 0 aliphatic heterocycles. The number of rotatable bonds is 7. The van der Waals surface area contributed by atoms with Crippen LogP contribution >= 0.6 is 0 Å². The highest BCUT2D eigenvalue weighted by Crippen LogP contribution is 2.08. The molecule has 0 saturated heterocycles. The lowest BCUT2D eigenvalue weighted by Crippen LogP contribution is -2.28. The van der Waals surface area contributed by atoms with Gasteiger partial charge in [-0.1, -0.05) is 6.92 Å². The summed E-state index contributed by atoms with van der Waals surface area (Å²) in [4.78, 5) is 13.4. The minimum absolute atomic E-state index is 0.370. The Morgan fingerprint density at radius 1 is 1.59 bits per heavy atom. The number of hydrogen-bond donors (Lipinski definition) is 1. The zero-order valence-corrected chi connectivity index (χ0v) is 10.7. The van der Waals surface area contributed by atoms with Crippen LogP contribution in [0.2, 0.25) is 0 Å². The lowest BCUT2D eigenvalue weighted by molar-refractivity contribution is 0.0600. The molecular formula is C12H20N2O3. The van der Waals surface area contributed by atoms with E-state index in [1.165, 1.54) is 13.4 Å². The maximum absolute atomic E-state index is 11.2. The molecule has 0 amide bonds. The third-order valence-corrected chi connectivity index (χ3v) is 2.58. The summed E-state index contributed by atoms with van der Waals surface area (Å²) < 4.78 is 9.84. The molecule has 1 aromatic rings. The molecule has 0 bridgehead atoms. The van der Waals surface area contributed by atoms with Gasteiger partial charge < -0.3 is 19.4 Å². The van der Waals surface area contributed by atoms with E-state index in [1.807, 2.05) is 0 Å². The normalized spacial score (nSPS) is 10.8. The summed E-state index contributed by atoms with van der Waals surface area (Å²) in [5, 5.41) is 3.25. The van der Waals surface area contributed by atoms with Crippen LogP contribution in [0.1, 0.15) is 23.0 Å². The van der Waals surface area contributed by atoms with Crippen LogP contribution in [-0.2, 0) is 11.3 Å². The maximum Gasteiger partial charge on any atom is 0.341 e. The van der Waals surface area contributed by atoms with E-state index < -0.39 is 0 Å². The molecule has 1 rings (SSSR count). The fourth-order valence-corrected chi connectivity index (χ4v) is 1.34. The second kappa shape index (κ2) is 7.09. The Morgan fingerprint density at radius 3 is 3.00 bits per heavy atom. The van der Waals surface area contributed by atoms with Crippen LogP contribution in [0.4, 0.5) is 0 Å². The van der Waals surface area contributed by atoms with E-state index in [2.05, 4.69) is 28.9 Å². The Hall–Kier alpha value is -1.33. The predicted octanol–water partition coefficient (Wildman–Crippen LogP) is 1.11. The number of ether oxygens (including phenoxy) is 1. The number of furan rings is 1. The van der Waals surface area contributed by atoms with Crippen LogP contribution < -0.4 is 5.32 Å². The van der Waals surface area contributed by atoms with Crippen molar-refractivity contribution < 1.29 is 13.9 Å². The summed E-state index contributed by atoms with van der Waals surface area (Å²) in [5.41, 5.74) is 0.454. The number of esters is 1. The Bertz CT molecular complexity index is 349. The quantitative estimate of drug-likeness (QED) is 0.571. The summed E-state index contributed by atoms with van der Waals surface area (Å²) in [6.07, 6.45) is 1.42. The molecule has 0 spiro atoms. The zero-order chi connectivity index (χ0) is 12.7. The monoisotopic (exact) mass is 240 g/mol. The fraction of sp³-hybridized carbons (Fsp3) is 0.583. The van der Waals surface area contributed by atoms with Crippen LogP contribution in [-0.4, -0.2) is 44.7 Å². The molecule has 0 aromatic carbocycles. The molecule has 0 atom stereocenters. The van der Waals surface area contributed by atoms with Crippen molar-refractivity contribution in [2.45, 2.75) is 13.5 Å². The molecule has 96 valence electrons. The van der Waals surface area contributed by atoms with Crippen LogP contribution in [0.5, 0.6) is 0 Å². The van der Waals surface area contributed by atoms with Crippen molar-refractivity contribution in [3.05, 3.63) is 23.7 Å². The van der Waals surface area contributed by atoms with Crippen molar-refractivity contribution in [2.24, 2.45) is 0 Å². The largest absolute Gasteiger partial charge is 0.467 e. The van der Waals surface area contributed by atoms with Gasteiger partial charge in [0.2, 0.25) is 0 Å². The summed E-state index contributed by atoms with van der Waals surface area (Å²) >= 11 is 0. The van der Waals surface area contributed by atoms with Crippen molar-refractivity contribution in [2.75, 3.05) is 33.8 Å². The number of carbonyl (C=O) groups is 1. The van der Waals surface area contributed by atoms with E-state index >= 15 is 0 Å². The van der Waals surface area contributed by atoms with E-state index in [4.69, 9.17) is 4.42 Å². The first-order chi connectivity index (χ1) is 8.17. The minimum atomic E-state index is -0.370. The molecule has 5 nitrogen and oxygen atoms in total. The highest BCUT2D eigenvalue weighted by molar-refractivity contribution is 5.88. The summed E-state index contributed by atoms with van der Waals surface area (Å²) in [5.74, 6) is 0.371. The number of hydrogen-bond acceptors (Lipinski definition) is 5. The molecule has 0 aliphatic carbocycles. The summed E-state index contributed by atoms with van der Waals surface area (Å²) in [7, 11) is 3.43. The van der Waals surface area contributed by atoms with E-state index in [1.54, 1.807) is 6.07 Å². The van der Waals surface area contributed by atoms with Crippen LogP contribution in [0, 0.1) is 0 Å². The van der Waals surface area contributed by atoms with Crippen molar-refractivity contribution in [3.63, 3.8) is 0 Å². The van der Waals surface area contributed by atoms with Gasteiger partial charge in [-0.05, 0) is 19.7 Å². The van der Waals surface area contributed by atoms with Crippen LogP contribution in [0.3, 0.4) is 0 Å². The maximum atomic E-state index is 11.2. The predicted molar refractivity (Wildman–Crippen MR) is 64.9 cm³/mol. The van der Waals surface area contributed by atoms with Gasteiger partial charge in [-0.2, -0.15) is 0 Å². The number of methoxy groups -OCH3 is 1. The van der Waals surface area contributed by atoms with Crippen molar-refractivity contribution in [1.29, 1.82) is 0 Å². The highest BCUT2D eigenvalue weighted by Gasteiger charge is 2.09. The van der Waals surface area contributed by atoms with Gasteiger partial charge in [0, 0.05) is 13.1 Å². The Kier molecular flexibility index (Phi) is 5.72. The third-order valence-electron chi connectivity index (χ3n) is 2.58. The van der Waals surface area contributed by atoms with Crippen LogP contribution in [0.25, 0.3) is 0 Å². The van der Waals surface area contributed by atoms with Gasteiger partial charge in [0.1, 0.15) is 12.0 Å². The summed E-state index contributed by atoms with van der Waals surface area (Å²) in [6.45, 7) is 5.65. The van der Waals surface area contributed by atoms with Crippen molar-refractivity contribution in [3.8, 4) is 0 Å². The standard InChI is InChI=1S/C12H20N2O3/c1-4-14(2)6-5-13-8-11-7-10(9-17-11)12(15)16-3/h7,9,13H,4-6,8H2,1-3H3. The van der Waals surface area contributed by atoms with E-state index in [9.17, 15) is 4.79 Å². The molecule has 5 heteroatoms. The first-order valence-electron chi connectivity index (χ1n) is 5.72. The van der Waals surface area contributed by atoms with Gasteiger partial charge >= 0.3 is 5.97 Å². The fourth-order valence-electron chi connectivity index (χ4n) is 1.34. The van der Waals surface area contributed by atoms with Crippen molar-refractivity contribution >= 4 is 5.97 Å². The Morgan fingerprint density at radius 2 is 2.35 bits per heavy atom. The van der Waals surface area contributed by atoms with Gasteiger partial charge in [0.15, 0.2) is 0 Å². The second-order valence-electron chi connectivity index (χ2n) is 3.87. The van der Waals surface area contributed by atoms with E-state index in [-0.39, 0.29) is 5.97 Å². The molecular weight excluding hydrogens is 220 g/mol.